The zero-order chi connectivity index (χ0) is 21.8. The SMILES string of the molecule is CC1(C)OC2OC([C@H](O)c3ccc(Br)c(Cc4ccc5c(c4)OCCO5)c3)C(O)C2O1. The number of aliphatic hydroxyl groups excluding tert-OH is 2. The molecular weight excluding hydrogens is 468 g/mol. The largest absolute Gasteiger partial charge is 0.486 e. The molecule has 31 heavy (non-hydrogen) atoms. The Kier molecular flexibility index (Phi) is 5.48. The second kappa shape index (κ2) is 8.03. The number of fused-ring (bicyclic) bond motifs is 2. The number of hydrogen-bond donors (Lipinski definition) is 2. The predicted octanol–water partition coefficient (Wildman–Crippen LogP) is 3.08. The molecule has 4 unspecified atom stereocenters. The predicted molar refractivity (Wildman–Crippen MR) is 114 cm³/mol. The summed E-state index contributed by atoms with van der Waals surface area (Å²) in [6.45, 7) is 4.64. The molecule has 2 fully saturated rings. The maximum absolute atomic E-state index is 11.0. The molecule has 3 aliphatic heterocycles. The van der Waals surface area contributed by atoms with Gasteiger partial charge in [0.25, 0.3) is 0 Å². The summed E-state index contributed by atoms with van der Waals surface area (Å²) in [4.78, 5) is 0. The molecule has 3 heterocycles. The number of benzene rings is 2. The van der Waals surface area contributed by atoms with Crippen LogP contribution in [0.5, 0.6) is 11.5 Å². The van der Waals surface area contributed by atoms with Crippen molar-refractivity contribution in [3.63, 3.8) is 0 Å². The van der Waals surface area contributed by atoms with Crippen molar-refractivity contribution in [3.8, 4) is 11.5 Å². The topological polar surface area (TPSA) is 86.6 Å². The molecule has 2 aromatic rings. The molecule has 0 aliphatic carbocycles. The monoisotopic (exact) mass is 492 g/mol. The molecule has 3 aliphatic rings. The highest BCUT2D eigenvalue weighted by Gasteiger charge is 2.56. The summed E-state index contributed by atoms with van der Waals surface area (Å²) in [6, 6.07) is 11.5. The van der Waals surface area contributed by atoms with Crippen molar-refractivity contribution in [2.75, 3.05) is 13.2 Å². The molecule has 2 N–H and O–H groups in total. The van der Waals surface area contributed by atoms with Gasteiger partial charge in [0.1, 0.15) is 37.6 Å². The van der Waals surface area contributed by atoms with Crippen LogP contribution in [-0.4, -0.2) is 53.8 Å². The Hall–Kier alpha value is -1.68. The average molecular weight is 493 g/mol. The summed E-state index contributed by atoms with van der Waals surface area (Å²) in [5.74, 6) is 0.678. The molecule has 2 aromatic carbocycles. The molecule has 0 amide bonds. The summed E-state index contributed by atoms with van der Waals surface area (Å²) in [5, 5.41) is 21.6. The van der Waals surface area contributed by atoms with Gasteiger partial charge in [-0.05, 0) is 55.2 Å². The van der Waals surface area contributed by atoms with Gasteiger partial charge in [-0.1, -0.05) is 34.1 Å². The van der Waals surface area contributed by atoms with Crippen molar-refractivity contribution in [1.29, 1.82) is 0 Å². The van der Waals surface area contributed by atoms with Gasteiger partial charge >= 0.3 is 0 Å². The molecule has 0 bridgehead atoms. The summed E-state index contributed by atoms with van der Waals surface area (Å²) in [6.07, 6.45) is -3.54. The fraction of sp³-hybridized carbons (Fsp3) is 0.478. The lowest BCUT2D eigenvalue weighted by Gasteiger charge is -2.26. The van der Waals surface area contributed by atoms with Gasteiger partial charge in [-0.3, -0.25) is 0 Å². The molecule has 5 rings (SSSR count). The lowest BCUT2D eigenvalue weighted by atomic mass is 9.96. The van der Waals surface area contributed by atoms with Crippen molar-refractivity contribution in [2.45, 2.75) is 56.8 Å². The maximum atomic E-state index is 11.0. The first kappa shape index (κ1) is 21.2. The second-order valence-corrected chi connectivity index (χ2v) is 9.36. The van der Waals surface area contributed by atoms with E-state index in [0.29, 0.717) is 25.2 Å². The van der Waals surface area contributed by atoms with Crippen molar-refractivity contribution in [3.05, 3.63) is 57.6 Å². The minimum absolute atomic E-state index is 0.540. The minimum atomic E-state index is -1.02. The number of ether oxygens (including phenoxy) is 5. The summed E-state index contributed by atoms with van der Waals surface area (Å²) in [7, 11) is 0. The summed E-state index contributed by atoms with van der Waals surface area (Å²) in [5.41, 5.74) is 2.71. The van der Waals surface area contributed by atoms with Gasteiger partial charge in [0, 0.05) is 4.47 Å². The molecule has 0 saturated carbocycles. The Morgan fingerprint density at radius 1 is 1.06 bits per heavy atom. The van der Waals surface area contributed by atoms with Crippen LogP contribution in [0.4, 0.5) is 0 Å². The Labute approximate surface area is 189 Å². The number of halogens is 1. The third-order valence-corrected chi connectivity index (χ3v) is 6.55. The van der Waals surface area contributed by atoms with Crippen LogP contribution >= 0.6 is 15.9 Å². The molecule has 5 atom stereocenters. The van der Waals surface area contributed by atoms with E-state index >= 15 is 0 Å². The highest BCUT2D eigenvalue weighted by atomic mass is 79.9. The lowest BCUT2D eigenvalue weighted by Crippen LogP contribution is -2.37. The van der Waals surface area contributed by atoms with Crippen LogP contribution in [0.1, 0.15) is 36.6 Å². The fourth-order valence-electron chi connectivity index (χ4n) is 4.30. The van der Waals surface area contributed by atoms with Crippen molar-refractivity contribution < 1.29 is 33.9 Å². The number of hydrogen-bond acceptors (Lipinski definition) is 7. The van der Waals surface area contributed by atoms with Crippen LogP contribution in [0.2, 0.25) is 0 Å². The van der Waals surface area contributed by atoms with Crippen molar-refractivity contribution in [2.24, 2.45) is 0 Å². The smallest absolute Gasteiger partial charge is 0.190 e. The molecule has 2 saturated heterocycles. The maximum Gasteiger partial charge on any atom is 0.190 e. The van der Waals surface area contributed by atoms with E-state index in [4.69, 9.17) is 23.7 Å². The second-order valence-electron chi connectivity index (χ2n) is 8.51. The van der Waals surface area contributed by atoms with Crippen LogP contribution in [0, 0.1) is 0 Å². The van der Waals surface area contributed by atoms with Crippen LogP contribution in [-0.2, 0) is 20.6 Å². The van der Waals surface area contributed by atoms with Crippen LogP contribution in [0.25, 0.3) is 0 Å². The van der Waals surface area contributed by atoms with Gasteiger partial charge in [-0.15, -0.1) is 0 Å². The van der Waals surface area contributed by atoms with Gasteiger partial charge in [-0.25, -0.2) is 0 Å². The average Bonchev–Trinajstić information content (AvgIpc) is 3.21. The van der Waals surface area contributed by atoms with Crippen molar-refractivity contribution >= 4 is 15.9 Å². The van der Waals surface area contributed by atoms with Gasteiger partial charge < -0.3 is 33.9 Å². The third-order valence-electron chi connectivity index (χ3n) is 5.78. The molecule has 166 valence electrons. The van der Waals surface area contributed by atoms with E-state index in [9.17, 15) is 10.2 Å². The molecule has 0 radical (unpaired) electrons. The van der Waals surface area contributed by atoms with Crippen molar-refractivity contribution in [1.82, 2.24) is 0 Å². The zero-order valence-electron chi connectivity index (χ0n) is 17.3. The fourth-order valence-corrected chi connectivity index (χ4v) is 4.69. The van der Waals surface area contributed by atoms with Crippen LogP contribution in [0.3, 0.4) is 0 Å². The van der Waals surface area contributed by atoms with Crippen LogP contribution < -0.4 is 9.47 Å². The van der Waals surface area contributed by atoms with Gasteiger partial charge in [0.15, 0.2) is 23.6 Å². The van der Waals surface area contributed by atoms with E-state index in [1.807, 2.05) is 36.4 Å². The Balaban J connectivity index is 1.34. The standard InChI is InChI=1S/C23H25BrO7/c1-23(2)30-21-19(26)20(29-22(21)31-23)18(25)13-4-5-15(24)14(11-13)9-12-3-6-16-17(10-12)28-8-7-27-16/h3-6,10-11,18-22,25-26H,7-9H2,1-2H3/t18-,19?,20?,21?,22?/m1/s1. The third kappa shape index (κ3) is 4.08. The molecule has 7 nitrogen and oxygen atoms in total. The molecular formula is C23H25BrO7. The van der Waals surface area contributed by atoms with E-state index in [-0.39, 0.29) is 0 Å². The van der Waals surface area contributed by atoms with E-state index in [2.05, 4.69) is 15.9 Å². The normalized spacial score (nSPS) is 29.6. The first-order valence-corrected chi connectivity index (χ1v) is 11.1. The quantitative estimate of drug-likeness (QED) is 0.677. The lowest BCUT2D eigenvalue weighted by molar-refractivity contribution is -0.226. The molecule has 8 heteroatoms. The highest BCUT2D eigenvalue weighted by Crippen LogP contribution is 2.41. The summed E-state index contributed by atoms with van der Waals surface area (Å²) >= 11 is 3.60. The van der Waals surface area contributed by atoms with E-state index in [1.54, 1.807) is 13.8 Å². The summed E-state index contributed by atoms with van der Waals surface area (Å²) < 4.78 is 29.4. The Bertz CT molecular complexity index is 978. The zero-order valence-corrected chi connectivity index (χ0v) is 18.9. The molecule has 0 aromatic heterocycles. The number of aliphatic hydroxyl groups is 2. The minimum Gasteiger partial charge on any atom is -0.486 e. The highest BCUT2D eigenvalue weighted by molar-refractivity contribution is 9.10. The first-order chi connectivity index (χ1) is 14.8. The van der Waals surface area contributed by atoms with E-state index in [0.717, 1.165) is 27.1 Å². The first-order valence-electron chi connectivity index (χ1n) is 10.3. The van der Waals surface area contributed by atoms with Gasteiger partial charge in [-0.2, -0.15) is 0 Å². The van der Waals surface area contributed by atoms with Crippen LogP contribution in [0.15, 0.2) is 40.9 Å². The van der Waals surface area contributed by atoms with Gasteiger partial charge in [0.05, 0.1) is 0 Å². The van der Waals surface area contributed by atoms with E-state index in [1.165, 1.54) is 0 Å². The van der Waals surface area contributed by atoms with Gasteiger partial charge in [0.2, 0.25) is 0 Å². The Morgan fingerprint density at radius 2 is 1.84 bits per heavy atom. The number of rotatable bonds is 4. The molecule has 0 spiro atoms. The van der Waals surface area contributed by atoms with E-state index < -0.39 is 36.5 Å². The Morgan fingerprint density at radius 3 is 2.61 bits per heavy atom.